The van der Waals surface area contributed by atoms with Gasteiger partial charge in [-0.25, -0.2) is 0 Å². The number of hydrogen-bond acceptors (Lipinski definition) is 4. The van der Waals surface area contributed by atoms with Gasteiger partial charge < -0.3 is 14.4 Å². The lowest BCUT2D eigenvalue weighted by Crippen LogP contribution is -2.43. The van der Waals surface area contributed by atoms with Gasteiger partial charge in [0, 0.05) is 35.6 Å². The summed E-state index contributed by atoms with van der Waals surface area (Å²) in [6.07, 6.45) is 10.5. The monoisotopic (exact) mass is 408 g/mol. The number of ether oxygens (including phenoxy) is 2. The summed E-state index contributed by atoms with van der Waals surface area (Å²) in [5.74, 6) is 2.19. The first-order valence-electron chi connectivity index (χ1n) is 11.3. The standard InChI is InChI=1S/C25H32N2O3/c1-3-29-24-15-20(8-13-23(24)30-17-19-5-4-14-26-16-19)25(28)27(22-11-12-22)21-9-6-18(2)7-10-21/h4-5,8,13-16,18,21-22H,3,6-7,9-12,17H2,1-2H3. The molecule has 0 spiro atoms. The molecule has 30 heavy (non-hydrogen) atoms. The number of carbonyl (C=O) groups is 1. The molecule has 2 aliphatic carbocycles. The first-order valence-corrected chi connectivity index (χ1v) is 11.3. The Labute approximate surface area is 179 Å². The van der Waals surface area contributed by atoms with E-state index in [4.69, 9.17) is 9.47 Å². The molecule has 4 rings (SSSR count). The highest BCUT2D eigenvalue weighted by Crippen LogP contribution is 2.37. The normalized spacial score (nSPS) is 21.1. The zero-order valence-electron chi connectivity index (χ0n) is 18.0. The van der Waals surface area contributed by atoms with E-state index in [-0.39, 0.29) is 5.91 Å². The molecule has 0 atom stereocenters. The van der Waals surface area contributed by atoms with Crippen LogP contribution in [-0.2, 0) is 6.61 Å². The van der Waals surface area contributed by atoms with Gasteiger partial charge in [-0.2, -0.15) is 0 Å². The molecule has 0 N–H and O–H groups in total. The van der Waals surface area contributed by atoms with Gasteiger partial charge in [-0.3, -0.25) is 9.78 Å². The maximum absolute atomic E-state index is 13.5. The summed E-state index contributed by atoms with van der Waals surface area (Å²) >= 11 is 0. The minimum absolute atomic E-state index is 0.136. The summed E-state index contributed by atoms with van der Waals surface area (Å²) in [5.41, 5.74) is 1.68. The molecule has 2 aliphatic rings. The quantitative estimate of drug-likeness (QED) is 0.599. The van der Waals surface area contributed by atoms with Crippen LogP contribution < -0.4 is 9.47 Å². The maximum atomic E-state index is 13.5. The highest BCUT2D eigenvalue weighted by Gasteiger charge is 2.39. The van der Waals surface area contributed by atoms with Gasteiger partial charge in [0.05, 0.1) is 6.61 Å². The molecule has 1 amide bonds. The van der Waals surface area contributed by atoms with Crippen molar-refractivity contribution in [1.82, 2.24) is 9.88 Å². The van der Waals surface area contributed by atoms with Crippen LogP contribution in [0.5, 0.6) is 11.5 Å². The van der Waals surface area contributed by atoms with Gasteiger partial charge in [0.15, 0.2) is 11.5 Å². The van der Waals surface area contributed by atoms with Gasteiger partial charge in [-0.05, 0) is 75.6 Å². The second kappa shape index (κ2) is 9.50. The summed E-state index contributed by atoms with van der Waals surface area (Å²) in [7, 11) is 0. The Morgan fingerprint density at radius 3 is 2.40 bits per heavy atom. The second-order valence-electron chi connectivity index (χ2n) is 8.60. The molecular formula is C25H32N2O3. The molecule has 0 bridgehead atoms. The molecule has 1 heterocycles. The largest absolute Gasteiger partial charge is 0.490 e. The maximum Gasteiger partial charge on any atom is 0.254 e. The van der Waals surface area contributed by atoms with Crippen molar-refractivity contribution in [2.75, 3.05) is 6.61 Å². The Kier molecular flexibility index (Phi) is 6.56. The fraction of sp³-hybridized carbons (Fsp3) is 0.520. The Morgan fingerprint density at radius 1 is 1.03 bits per heavy atom. The molecular weight excluding hydrogens is 376 g/mol. The van der Waals surface area contributed by atoms with Crippen molar-refractivity contribution in [3.63, 3.8) is 0 Å². The van der Waals surface area contributed by atoms with Crippen molar-refractivity contribution < 1.29 is 14.3 Å². The van der Waals surface area contributed by atoms with E-state index >= 15 is 0 Å². The zero-order chi connectivity index (χ0) is 20.9. The third kappa shape index (κ3) is 4.94. The number of nitrogens with zero attached hydrogens (tertiary/aromatic N) is 2. The Bertz CT molecular complexity index is 843. The van der Waals surface area contributed by atoms with Crippen LogP contribution in [0.1, 0.15) is 68.3 Å². The topological polar surface area (TPSA) is 51.7 Å². The highest BCUT2D eigenvalue weighted by atomic mass is 16.5. The molecule has 5 nitrogen and oxygen atoms in total. The van der Waals surface area contributed by atoms with E-state index in [0.717, 1.165) is 37.2 Å². The number of aromatic nitrogens is 1. The van der Waals surface area contributed by atoms with Crippen LogP contribution in [0.25, 0.3) is 0 Å². The van der Waals surface area contributed by atoms with Gasteiger partial charge in [-0.15, -0.1) is 0 Å². The predicted molar refractivity (Wildman–Crippen MR) is 117 cm³/mol. The Hall–Kier alpha value is -2.56. The smallest absolute Gasteiger partial charge is 0.254 e. The lowest BCUT2D eigenvalue weighted by molar-refractivity contribution is 0.0592. The third-order valence-electron chi connectivity index (χ3n) is 6.16. The SMILES string of the molecule is CCOc1cc(C(=O)N(C2CCC(C)CC2)C2CC2)ccc1OCc1cccnc1. The van der Waals surface area contributed by atoms with Crippen molar-refractivity contribution >= 4 is 5.91 Å². The van der Waals surface area contributed by atoms with Crippen LogP contribution in [0.4, 0.5) is 0 Å². The highest BCUT2D eigenvalue weighted by molar-refractivity contribution is 5.95. The molecule has 0 aliphatic heterocycles. The molecule has 0 unspecified atom stereocenters. The van der Waals surface area contributed by atoms with Gasteiger partial charge in [0.25, 0.3) is 5.91 Å². The number of rotatable bonds is 8. The summed E-state index contributed by atoms with van der Waals surface area (Å²) in [6, 6.07) is 10.2. The molecule has 1 aromatic carbocycles. The second-order valence-corrected chi connectivity index (χ2v) is 8.60. The van der Waals surface area contributed by atoms with Crippen LogP contribution in [0.15, 0.2) is 42.7 Å². The summed E-state index contributed by atoms with van der Waals surface area (Å²) in [5, 5.41) is 0. The number of hydrogen-bond donors (Lipinski definition) is 0. The fourth-order valence-electron chi connectivity index (χ4n) is 4.33. The molecule has 1 aromatic heterocycles. The molecule has 2 saturated carbocycles. The van der Waals surface area contributed by atoms with Crippen LogP contribution in [0, 0.1) is 5.92 Å². The van der Waals surface area contributed by atoms with E-state index in [1.807, 2.05) is 37.3 Å². The van der Waals surface area contributed by atoms with Crippen molar-refractivity contribution in [3.8, 4) is 11.5 Å². The molecule has 160 valence electrons. The van der Waals surface area contributed by atoms with Crippen molar-refractivity contribution in [3.05, 3.63) is 53.9 Å². The molecule has 0 saturated heterocycles. The Balaban J connectivity index is 1.51. The fourth-order valence-corrected chi connectivity index (χ4v) is 4.33. The summed E-state index contributed by atoms with van der Waals surface area (Å²) in [4.78, 5) is 19.8. The van der Waals surface area contributed by atoms with Crippen molar-refractivity contribution in [1.29, 1.82) is 0 Å². The lowest BCUT2D eigenvalue weighted by Gasteiger charge is -2.36. The van der Waals surface area contributed by atoms with Crippen LogP contribution in [-0.4, -0.2) is 34.5 Å². The van der Waals surface area contributed by atoms with Gasteiger partial charge in [0.2, 0.25) is 0 Å². The van der Waals surface area contributed by atoms with E-state index in [9.17, 15) is 4.79 Å². The average Bonchev–Trinajstić information content (AvgIpc) is 3.60. The van der Waals surface area contributed by atoms with E-state index in [1.165, 1.54) is 12.8 Å². The molecule has 2 aromatic rings. The number of pyridine rings is 1. The van der Waals surface area contributed by atoms with Crippen LogP contribution in [0.2, 0.25) is 0 Å². The minimum Gasteiger partial charge on any atom is -0.490 e. The molecule has 2 fully saturated rings. The molecule has 5 heteroatoms. The van der Waals surface area contributed by atoms with Gasteiger partial charge >= 0.3 is 0 Å². The van der Waals surface area contributed by atoms with Crippen LogP contribution >= 0.6 is 0 Å². The number of benzene rings is 1. The van der Waals surface area contributed by atoms with Gasteiger partial charge in [-0.1, -0.05) is 13.0 Å². The average molecular weight is 409 g/mol. The lowest BCUT2D eigenvalue weighted by atomic mass is 9.86. The van der Waals surface area contributed by atoms with E-state index in [1.54, 1.807) is 12.4 Å². The first-order chi connectivity index (χ1) is 14.7. The van der Waals surface area contributed by atoms with Crippen molar-refractivity contribution in [2.24, 2.45) is 5.92 Å². The van der Waals surface area contributed by atoms with E-state index < -0.39 is 0 Å². The van der Waals surface area contributed by atoms with E-state index in [0.29, 0.717) is 42.4 Å². The van der Waals surface area contributed by atoms with E-state index in [2.05, 4.69) is 16.8 Å². The zero-order valence-corrected chi connectivity index (χ0v) is 18.0. The third-order valence-corrected chi connectivity index (χ3v) is 6.16. The minimum atomic E-state index is 0.136. The first kappa shape index (κ1) is 20.7. The van der Waals surface area contributed by atoms with Gasteiger partial charge in [0.1, 0.15) is 6.61 Å². The van der Waals surface area contributed by atoms with Crippen LogP contribution in [0.3, 0.4) is 0 Å². The summed E-state index contributed by atoms with van der Waals surface area (Å²) in [6.45, 7) is 5.20. The van der Waals surface area contributed by atoms with Crippen molar-refractivity contribution in [2.45, 2.75) is 71.1 Å². The Morgan fingerprint density at radius 2 is 1.77 bits per heavy atom. The summed E-state index contributed by atoms with van der Waals surface area (Å²) < 4.78 is 11.8. The predicted octanol–water partition coefficient (Wildman–Crippen LogP) is 5.24. The number of amides is 1. The number of carbonyl (C=O) groups excluding carboxylic acids is 1. The molecule has 0 radical (unpaired) electrons.